The summed E-state index contributed by atoms with van der Waals surface area (Å²) in [5.74, 6) is 2.77. The van der Waals surface area contributed by atoms with E-state index in [1.54, 1.807) is 0 Å². The second kappa shape index (κ2) is 5.05. The van der Waals surface area contributed by atoms with Crippen molar-refractivity contribution < 1.29 is 9.90 Å². The molecule has 0 aromatic heterocycles. The van der Waals surface area contributed by atoms with Gasteiger partial charge in [-0.2, -0.15) is 0 Å². The number of allylic oxidation sites excluding steroid dienone is 4. The molecule has 7 unspecified atom stereocenters. The molecule has 7 atom stereocenters. The molecule has 4 rings (SSSR count). The zero-order chi connectivity index (χ0) is 16.4. The van der Waals surface area contributed by atoms with E-state index in [1.165, 1.54) is 31.3 Å². The van der Waals surface area contributed by atoms with Gasteiger partial charge in [0.25, 0.3) is 0 Å². The molecule has 4 aliphatic rings. The zero-order valence-corrected chi connectivity index (χ0v) is 14.7. The maximum absolute atomic E-state index is 11.8. The van der Waals surface area contributed by atoms with E-state index in [4.69, 9.17) is 0 Å². The van der Waals surface area contributed by atoms with Crippen LogP contribution in [0.15, 0.2) is 23.8 Å². The Kier molecular flexibility index (Phi) is 3.43. The van der Waals surface area contributed by atoms with Crippen LogP contribution in [-0.2, 0) is 4.79 Å². The Labute approximate surface area is 140 Å². The second-order valence-electron chi connectivity index (χ2n) is 9.10. The molecule has 0 radical (unpaired) electrons. The van der Waals surface area contributed by atoms with Crippen molar-refractivity contribution in [3.05, 3.63) is 23.8 Å². The normalized spacial score (nSPS) is 49.9. The highest BCUT2D eigenvalue weighted by Crippen LogP contribution is 2.65. The van der Waals surface area contributed by atoms with Crippen molar-refractivity contribution in [2.75, 3.05) is 0 Å². The van der Waals surface area contributed by atoms with Gasteiger partial charge in [0.2, 0.25) is 0 Å². The van der Waals surface area contributed by atoms with Crippen molar-refractivity contribution in [1.82, 2.24) is 0 Å². The molecule has 2 fully saturated rings. The van der Waals surface area contributed by atoms with E-state index in [0.29, 0.717) is 34.9 Å². The number of rotatable bonds is 1. The highest BCUT2D eigenvalue weighted by atomic mass is 16.3. The summed E-state index contributed by atoms with van der Waals surface area (Å²) in [5, 5.41) is 10.3. The molecule has 0 saturated heterocycles. The van der Waals surface area contributed by atoms with Crippen molar-refractivity contribution in [2.45, 2.75) is 65.4 Å². The number of hydrogen-bond donors (Lipinski definition) is 1. The number of carbonyl (C=O) groups excluding carboxylic acids is 1. The van der Waals surface area contributed by atoms with Crippen LogP contribution in [0.5, 0.6) is 0 Å². The maximum atomic E-state index is 11.8. The molecule has 4 aliphatic carbocycles. The lowest BCUT2D eigenvalue weighted by molar-refractivity contribution is -0.116. The summed E-state index contributed by atoms with van der Waals surface area (Å²) in [7, 11) is 0. The van der Waals surface area contributed by atoms with Crippen molar-refractivity contribution in [3.8, 4) is 0 Å². The number of fused-ring (bicyclic) bond motifs is 5. The van der Waals surface area contributed by atoms with Crippen LogP contribution in [0.1, 0.15) is 59.3 Å². The predicted octanol–water partition coefficient (Wildman–Crippen LogP) is 4.29. The summed E-state index contributed by atoms with van der Waals surface area (Å²) in [6, 6.07) is 0. The third-order valence-corrected chi connectivity index (χ3v) is 8.17. The fraction of sp³-hybridized carbons (Fsp3) is 0.762. The second-order valence-corrected chi connectivity index (χ2v) is 9.10. The minimum atomic E-state index is -0.188. The van der Waals surface area contributed by atoms with E-state index in [0.717, 1.165) is 12.8 Å². The van der Waals surface area contributed by atoms with Crippen LogP contribution in [0.2, 0.25) is 0 Å². The van der Waals surface area contributed by atoms with Gasteiger partial charge in [-0.3, -0.25) is 4.79 Å². The SMILES string of the molecule is CC(O)C1CCC2C3C=CC4=CC(=O)CCC4(C)C3CCC12C. The number of carbonyl (C=O) groups is 1. The average molecular weight is 314 g/mol. The monoisotopic (exact) mass is 314 g/mol. The number of ketones is 1. The van der Waals surface area contributed by atoms with E-state index < -0.39 is 0 Å². The number of aliphatic hydroxyl groups excluding tert-OH is 1. The smallest absolute Gasteiger partial charge is 0.156 e. The van der Waals surface area contributed by atoms with Crippen LogP contribution < -0.4 is 0 Å². The Balaban J connectivity index is 1.71. The minimum Gasteiger partial charge on any atom is -0.393 e. The van der Waals surface area contributed by atoms with Gasteiger partial charge in [0, 0.05) is 6.42 Å². The van der Waals surface area contributed by atoms with Crippen LogP contribution >= 0.6 is 0 Å². The fourth-order valence-corrected chi connectivity index (χ4v) is 6.83. The molecule has 0 bridgehead atoms. The first-order valence-electron chi connectivity index (χ1n) is 9.47. The summed E-state index contributed by atoms with van der Waals surface area (Å²) >= 11 is 0. The molecule has 0 aromatic carbocycles. The van der Waals surface area contributed by atoms with Crippen LogP contribution in [0.4, 0.5) is 0 Å². The predicted molar refractivity (Wildman–Crippen MR) is 91.8 cm³/mol. The van der Waals surface area contributed by atoms with Gasteiger partial charge in [-0.05, 0) is 85.2 Å². The van der Waals surface area contributed by atoms with Gasteiger partial charge >= 0.3 is 0 Å². The third-order valence-electron chi connectivity index (χ3n) is 8.17. The van der Waals surface area contributed by atoms with Crippen LogP contribution in [0.3, 0.4) is 0 Å². The van der Waals surface area contributed by atoms with Gasteiger partial charge < -0.3 is 5.11 Å². The Hall–Kier alpha value is -0.890. The first kappa shape index (κ1) is 15.6. The molecule has 0 aliphatic heterocycles. The Morgan fingerprint density at radius 1 is 1.17 bits per heavy atom. The Morgan fingerprint density at radius 3 is 2.70 bits per heavy atom. The summed E-state index contributed by atoms with van der Waals surface area (Å²) in [4.78, 5) is 11.8. The fourth-order valence-electron chi connectivity index (χ4n) is 6.83. The molecular weight excluding hydrogens is 284 g/mol. The molecule has 0 amide bonds. The molecule has 2 nitrogen and oxygen atoms in total. The topological polar surface area (TPSA) is 37.3 Å². The summed E-state index contributed by atoms with van der Waals surface area (Å²) in [6.07, 6.45) is 13.1. The summed E-state index contributed by atoms with van der Waals surface area (Å²) in [6.45, 7) is 6.82. The average Bonchev–Trinajstić information content (AvgIpc) is 2.85. The van der Waals surface area contributed by atoms with Crippen LogP contribution in [0.25, 0.3) is 0 Å². The van der Waals surface area contributed by atoms with Gasteiger partial charge in [-0.1, -0.05) is 26.0 Å². The molecule has 0 spiro atoms. The Morgan fingerprint density at radius 2 is 1.96 bits per heavy atom. The van der Waals surface area contributed by atoms with E-state index in [2.05, 4.69) is 26.0 Å². The van der Waals surface area contributed by atoms with Gasteiger partial charge in [0.05, 0.1) is 6.10 Å². The van der Waals surface area contributed by atoms with Crippen LogP contribution in [-0.4, -0.2) is 17.0 Å². The van der Waals surface area contributed by atoms with Gasteiger partial charge in [0.15, 0.2) is 5.78 Å². The van der Waals surface area contributed by atoms with Gasteiger partial charge in [-0.25, -0.2) is 0 Å². The lowest BCUT2D eigenvalue weighted by Gasteiger charge is -2.56. The first-order chi connectivity index (χ1) is 10.9. The molecule has 0 aromatic rings. The van der Waals surface area contributed by atoms with Crippen LogP contribution in [0, 0.1) is 34.5 Å². The van der Waals surface area contributed by atoms with E-state index in [1.807, 2.05) is 13.0 Å². The zero-order valence-electron chi connectivity index (χ0n) is 14.7. The van der Waals surface area contributed by atoms with Gasteiger partial charge in [0.1, 0.15) is 0 Å². The molecule has 0 heterocycles. The lowest BCUT2D eigenvalue weighted by Crippen LogP contribution is -2.49. The highest BCUT2D eigenvalue weighted by Gasteiger charge is 2.58. The quantitative estimate of drug-likeness (QED) is 0.784. The van der Waals surface area contributed by atoms with Gasteiger partial charge in [-0.15, -0.1) is 0 Å². The molecule has 2 saturated carbocycles. The van der Waals surface area contributed by atoms with E-state index in [-0.39, 0.29) is 11.5 Å². The standard InChI is InChI=1S/C21H30O2/c1-13(22)17-6-7-18-16-5-4-14-12-15(23)8-10-20(14,2)19(16)9-11-21(17,18)3/h4-5,12-13,16-19,22H,6-11H2,1-3H3. The van der Waals surface area contributed by atoms with E-state index >= 15 is 0 Å². The Bertz CT molecular complexity index is 587. The molecule has 126 valence electrons. The first-order valence-corrected chi connectivity index (χ1v) is 9.47. The number of aliphatic hydroxyl groups is 1. The molecular formula is C21H30O2. The highest BCUT2D eigenvalue weighted by molar-refractivity contribution is 5.92. The number of hydrogen-bond acceptors (Lipinski definition) is 2. The third kappa shape index (κ3) is 2.06. The minimum absolute atomic E-state index is 0.188. The summed E-state index contributed by atoms with van der Waals surface area (Å²) in [5.41, 5.74) is 1.77. The lowest BCUT2D eigenvalue weighted by atomic mass is 9.48. The summed E-state index contributed by atoms with van der Waals surface area (Å²) < 4.78 is 0. The molecule has 2 heteroatoms. The van der Waals surface area contributed by atoms with E-state index in [9.17, 15) is 9.90 Å². The van der Waals surface area contributed by atoms with Crippen molar-refractivity contribution in [2.24, 2.45) is 34.5 Å². The van der Waals surface area contributed by atoms with Crippen molar-refractivity contribution in [1.29, 1.82) is 0 Å². The largest absolute Gasteiger partial charge is 0.393 e. The van der Waals surface area contributed by atoms with Crippen molar-refractivity contribution >= 4 is 5.78 Å². The molecule has 1 N–H and O–H groups in total. The maximum Gasteiger partial charge on any atom is 0.156 e. The van der Waals surface area contributed by atoms with Crippen molar-refractivity contribution in [3.63, 3.8) is 0 Å². The molecule has 23 heavy (non-hydrogen) atoms.